The van der Waals surface area contributed by atoms with Crippen LogP contribution in [0.5, 0.6) is 5.75 Å². The molecule has 9 heteroatoms. The number of hydrogen-bond acceptors (Lipinski definition) is 6. The van der Waals surface area contributed by atoms with Crippen molar-refractivity contribution in [2.75, 3.05) is 23.0 Å². The van der Waals surface area contributed by atoms with E-state index in [1.165, 1.54) is 11.8 Å². The molecule has 0 saturated heterocycles. The van der Waals surface area contributed by atoms with Crippen LogP contribution in [0.4, 0.5) is 11.4 Å². The van der Waals surface area contributed by atoms with Crippen LogP contribution in [0.15, 0.2) is 59.8 Å². The molecule has 162 valence electrons. The van der Waals surface area contributed by atoms with Gasteiger partial charge in [-0.1, -0.05) is 42.1 Å². The molecule has 0 aliphatic heterocycles. The Labute approximate surface area is 185 Å². The Morgan fingerprint density at radius 2 is 1.74 bits per heavy atom. The van der Waals surface area contributed by atoms with Crippen molar-refractivity contribution in [1.29, 1.82) is 0 Å². The number of aryl methyl sites for hydroxylation is 1. The molecule has 0 unspecified atom stereocenters. The van der Waals surface area contributed by atoms with Crippen molar-refractivity contribution in [2.45, 2.75) is 24.9 Å². The third-order valence-electron chi connectivity index (χ3n) is 4.35. The molecule has 3 aromatic rings. The smallest absolute Gasteiger partial charge is 0.234 e. The zero-order valence-electron chi connectivity index (χ0n) is 17.5. The monoisotopic (exact) mass is 439 g/mol. The van der Waals surface area contributed by atoms with E-state index in [-0.39, 0.29) is 17.6 Å². The molecule has 0 aliphatic rings. The number of amides is 2. The van der Waals surface area contributed by atoms with Crippen LogP contribution in [0.2, 0.25) is 0 Å². The standard InChI is InChI=1S/C22H25N5O3S/c1-3-30-18-12-8-7-11-17(18)24-21(29)15-31-22-26-25-19(27(22)2)13-14-20(28)23-16-9-5-4-6-10-16/h4-12H,3,13-15H2,1-2H3,(H,23,28)(H,24,29). The number of anilines is 2. The fraction of sp³-hybridized carbons (Fsp3) is 0.273. The number of rotatable bonds is 10. The highest BCUT2D eigenvalue weighted by atomic mass is 32.2. The number of nitrogens with one attached hydrogen (secondary N) is 2. The fourth-order valence-corrected chi connectivity index (χ4v) is 3.56. The summed E-state index contributed by atoms with van der Waals surface area (Å²) in [6.07, 6.45) is 0.747. The Balaban J connectivity index is 1.49. The van der Waals surface area contributed by atoms with E-state index < -0.39 is 0 Å². The minimum absolute atomic E-state index is 0.0873. The van der Waals surface area contributed by atoms with E-state index in [1.54, 1.807) is 6.07 Å². The molecule has 8 nitrogen and oxygen atoms in total. The Morgan fingerprint density at radius 3 is 2.52 bits per heavy atom. The van der Waals surface area contributed by atoms with Crippen molar-refractivity contribution in [2.24, 2.45) is 7.05 Å². The van der Waals surface area contributed by atoms with Gasteiger partial charge in [-0.3, -0.25) is 9.59 Å². The second kappa shape index (κ2) is 11.2. The predicted molar refractivity (Wildman–Crippen MR) is 121 cm³/mol. The summed E-state index contributed by atoms with van der Waals surface area (Å²) in [4.78, 5) is 24.5. The highest BCUT2D eigenvalue weighted by molar-refractivity contribution is 7.99. The zero-order chi connectivity index (χ0) is 22.1. The number of thioether (sulfide) groups is 1. The number of nitrogens with zero attached hydrogens (tertiary/aromatic N) is 3. The summed E-state index contributed by atoms with van der Waals surface area (Å²) in [7, 11) is 1.83. The third-order valence-corrected chi connectivity index (χ3v) is 5.37. The van der Waals surface area contributed by atoms with Gasteiger partial charge < -0.3 is 19.9 Å². The van der Waals surface area contributed by atoms with Crippen LogP contribution in [0.1, 0.15) is 19.2 Å². The zero-order valence-corrected chi connectivity index (χ0v) is 18.3. The van der Waals surface area contributed by atoms with E-state index in [1.807, 2.05) is 67.1 Å². The van der Waals surface area contributed by atoms with Gasteiger partial charge in [0.05, 0.1) is 18.0 Å². The lowest BCUT2D eigenvalue weighted by atomic mass is 10.2. The van der Waals surface area contributed by atoms with Crippen LogP contribution in [-0.2, 0) is 23.1 Å². The highest BCUT2D eigenvalue weighted by Gasteiger charge is 2.14. The average molecular weight is 440 g/mol. The number of para-hydroxylation sites is 3. The number of ether oxygens (including phenoxy) is 1. The molecular weight excluding hydrogens is 414 g/mol. The van der Waals surface area contributed by atoms with Crippen LogP contribution in [0, 0.1) is 0 Å². The predicted octanol–water partition coefficient (Wildman–Crippen LogP) is 3.52. The lowest BCUT2D eigenvalue weighted by molar-refractivity contribution is -0.116. The van der Waals surface area contributed by atoms with Gasteiger partial charge in [-0.2, -0.15) is 0 Å². The second-order valence-corrected chi connectivity index (χ2v) is 7.58. The Hall–Kier alpha value is -3.33. The molecule has 31 heavy (non-hydrogen) atoms. The minimum Gasteiger partial charge on any atom is -0.492 e. The van der Waals surface area contributed by atoms with Crippen molar-refractivity contribution < 1.29 is 14.3 Å². The van der Waals surface area contributed by atoms with E-state index in [9.17, 15) is 9.59 Å². The minimum atomic E-state index is -0.163. The first-order valence-corrected chi connectivity index (χ1v) is 10.9. The average Bonchev–Trinajstić information content (AvgIpc) is 3.12. The van der Waals surface area contributed by atoms with Crippen LogP contribution >= 0.6 is 11.8 Å². The van der Waals surface area contributed by atoms with E-state index in [0.717, 1.165) is 5.69 Å². The van der Waals surface area contributed by atoms with Gasteiger partial charge in [0.2, 0.25) is 11.8 Å². The van der Waals surface area contributed by atoms with Crippen LogP contribution in [0.25, 0.3) is 0 Å². The fourth-order valence-electron chi connectivity index (χ4n) is 2.83. The van der Waals surface area contributed by atoms with E-state index in [2.05, 4.69) is 20.8 Å². The SMILES string of the molecule is CCOc1ccccc1NC(=O)CSc1nnc(CCC(=O)Nc2ccccc2)n1C. The molecule has 2 amide bonds. The maximum absolute atomic E-state index is 12.4. The summed E-state index contributed by atoms with van der Waals surface area (Å²) in [5.41, 5.74) is 1.40. The van der Waals surface area contributed by atoms with Crippen molar-refractivity contribution in [3.63, 3.8) is 0 Å². The summed E-state index contributed by atoms with van der Waals surface area (Å²) in [6, 6.07) is 16.6. The van der Waals surface area contributed by atoms with Gasteiger partial charge in [0.25, 0.3) is 0 Å². The number of hydrogen-bond donors (Lipinski definition) is 2. The number of carbonyl (C=O) groups is 2. The lowest BCUT2D eigenvalue weighted by Crippen LogP contribution is -2.15. The molecule has 0 spiro atoms. The molecular formula is C22H25N5O3S. The summed E-state index contributed by atoms with van der Waals surface area (Å²) in [6.45, 7) is 2.41. The third kappa shape index (κ3) is 6.58. The maximum atomic E-state index is 12.4. The van der Waals surface area contributed by atoms with Gasteiger partial charge in [-0.25, -0.2) is 0 Å². The van der Waals surface area contributed by atoms with Gasteiger partial charge in [-0.05, 0) is 31.2 Å². The molecule has 1 heterocycles. The molecule has 0 aliphatic carbocycles. The molecule has 2 aromatic carbocycles. The number of carbonyl (C=O) groups excluding carboxylic acids is 2. The Kier molecular flexibility index (Phi) is 8.05. The van der Waals surface area contributed by atoms with Crippen molar-refractivity contribution in [3.8, 4) is 5.75 Å². The second-order valence-electron chi connectivity index (χ2n) is 6.64. The summed E-state index contributed by atoms with van der Waals surface area (Å²) >= 11 is 1.29. The molecule has 1 aromatic heterocycles. The largest absolute Gasteiger partial charge is 0.492 e. The van der Waals surface area contributed by atoms with Crippen LogP contribution < -0.4 is 15.4 Å². The first-order chi connectivity index (χ1) is 15.1. The maximum Gasteiger partial charge on any atom is 0.234 e. The first kappa shape index (κ1) is 22.4. The molecule has 2 N–H and O–H groups in total. The van der Waals surface area contributed by atoms with Gasteiger partial charge in [-0.15, -0.1) is 10.2 Å². The van der Waals surface area contributed by atoms with Crippen molar-refractivity contribution in [1.82, 2.24) is 14.8 Å². The molecule has 0 saturated carbocycles. The van der Waals surface area contributed by atoms with Gasteiger partial charge in [0.15, 0.2) is 5.16 Å². The van der Waals surface area contributed by atoms with Gasteiger partial charge >= 0.3 is 0 Å². The van der Waals surface area contributed by atoms with E-state index in [0.29, 0.717) is 41.9 Å². The molecule has 3 rings (SSSR count). The number of benzene rings is 2. The topological polar surface area (TPSA) is 98.1 Å². The quantitative estimate of drug-likeness (QED) is 0.469. The lowest BCUT2D eigenvalue weighted by Gasteiger charge is -2.11. The van der Waals surface area contributed by atoms with Crippen LogP contribution in [0.3, 0.4) is 0 Å². The van der Waals surface area contributed by atoms with Crippen LogP contribution in [-0.4, -0.2) is 38.9 Å². The van der Waals surface area contributed by atoms with Crippen molar-refractivity contribution >= 4 is 35.0 Å². The summed E-state index contributed by atoms with van der Waals surface area (Å²) < 4.78 is 7.33. The van der Waals surface area contributed by atoms with E-state index >= 15 is 0 Å². The Morgan fingerprint density at radius 1 is 1.00 bits per heavy atom. The van der Waals surface area contributed by atoms with E-state index in [4.69, 9.17) is 4.74 Å². The van der Waals surface area contributed by atoms with Crippen molar-refractivity contribution in [3.05, 3.63) is 60.4 Å². The normalized spacial score (nSPS) is 10.5. The Bertz CT molecular complexity index is 1020. The first-order valence-electron chi connectivity index (χ1n) is 9.94. The molecule has 0 radical (unpaired) electrons. The molecule has 0 bridgehead atoms. The molecule has 0 atom stereocenters. The molecule has 0 fully saturated rings. The summed E-state index contributed by atoms with van der Waals surface area (Å²) in [5.74, 6) is 1.26. The van der Waals surface area contributed by atoms with Gasteiger partial charge in [0, 0.05) is 25.6 Å². The number of aromatic nitrogens is 3. The highest BCUT2D eigenvalue weighted by Crippen LogP contribution is 2.24. The van der Waals surface area contributed by atoms with Gasteiger partial charge in [0.1, 0.15) is 11.6 Å². The summed E-state index contributed by atoms with van der Waals surface area (Å²) in [5, 5.41) is 14.6.